The fourth-order valence-corrected chi connectivity index (χ4v) is 3.28. The zero-order valence-corrected chi connectivity index (χ0v) is 12.6. The van der Waals surface area contributed by atoms with Crippen molar-refractivity contribution in [3.63, 3.8) is 0 Å². The van der Waals surface area contributed by atoms with E-state index < -0.39 is 0 Å². The van der Waals surface area contributed by atoms with Gasteiger partial charge in [-0.1, -0.05) is 40.8 Å². The molecule has 0 aliphatic heterocycles. The predicted molar refractivity (Wildman–Crippen MR) is 78.7 cm³/mol. The lowest BCUT2D eigenvalue weighted by Gasteiger charge is -2.02. The van der Waals surface area contributed by atoms with Gasteiger partial charge in [0.1, 0.15) is 5.51 Å². The molecule has 0 amide bonds. The highest BCUT2D eigenvalue weighted by molar-refractivity contribution is 8.01. The van der Waals surface area contributed by atoms with Gasteiger partial charge in [0.2, 0.25) is 11.8 Å². The third-order valence-electron chi connectivity index (χ3n) is 2.70. The molecular weight excluding hydrogens is 292 g/mol. The fourth-order valence-electron chi connectivity index (χ4n) is 1.63. The van der Waals surface area contributed by atoms with E-state index in [2.05, 4.69) is 20.4 Å². The Morgan fingerprint density at radius 3 is 2.65 bits per heavy atom. The molecule has 1 aromatic carbocycles. The van der Waals surface area contributed by atoms with Crippen LogP contribution in [-0.4, -0.2) is 20.4 Å². The van der Waals surface area contributed by atoms with Gasteiger partial charge in [-0.25, -0.2) is 0 Å². The Morgan fingerprint density at radius 1 is 1.15 bits per heavy atom. The molecule has 0 fully saturated rings. The summed E-state index contributed by atoms with van der Waals surface area (Å²) in [5, 5.41) is 16.1. The summed E-state index contributed by atoms with van der Waals surface area (Å²) in [5.74, 6) is 1.14. The Bertz CT molecular complexity index is 679. The Labute approximate surface area is 124 Å². The van der Waals surface area contributed by atoms with Crippen LogP contribution in [0.1, 0.15) is 23.6 Å². The van der Waals surface area contributed by atoms with Crippen molar-refractivity contribution in [1.29, 1.82) is 0 Å². The zero-order valence-electron chi connectivity index (χ0n) is 11.0. The van der Waals surface area contributed by atoms with E-state index in [4.69, 9.17) is 4.42 Å². The number of benzene rings is 1. The van der Waals surface area contributed by atoms with E-state index in [1.165, 1.54) is 16.9 Å². The largest absolute Gasteiger partial charge is 0.419 e. The topological polar surface area (TPSA) is 64.7 Å². The van der Waals surface area contributed by atoms with Crippen molar-refractivity contribution in [2.24, 2.45) is 0 Å². The number of rotatable bonds is 4. The van der Waals surface area contributed by atoms with Crippen molar-refractivity contribution in [3.05, 3.63) is 41.2 Å². The van der Waals surface area contributed by atoms with Crippen LogP contribution in [0.25, 0.3) is 11.5 Å². The quantitative estimate of drug-likeness (QED) is 0.684. The van der Waals surface area contributed by atoms with Crippen LogP contribution >= 0.6 is 23.1 Å². The lowest BCUT2D eigenvalue weighted by atomic mass is 10.1. The van der Waals surface area contributed by atoms with Crippen LogP contribution in [-0.2, 0) is 0 Å². The minimum Gasteiger partial charge on any atom is -0.419 e. The van der Waals surface area contributed by atoms with Crippen molar-refractivity contribution in [1.82, 2.24) is 20.4 Å². The smallest absolute Gasteiger partial charge is 0.247 e. The van der Waals surface area contributed by atoms with Crippen molar-refractivity contribution in [2.45, 2.75) is 23.4 Å². The molecule has 20 heavy (non-hydrogen) atoms. The summed E-state index contributed by atoms with van der Waals surface area (Å²) in [6, 6.07) is 8.02. The molecule has 0 unspecified atom stereocenters. The maximum atomic E-state index is 5.73. The number of aryl methyl sites for hydroxylation is 1. The lowest BCUT2D eigenvalue weighted by molar-refractivity contribution is 0.509. The predicted octanol–water partition coefficient (Wildman–Crippen LogP) is 3.75. The average molecular weight is 304 g/mol. The first kappa shape index (κ1) is 13.3. The molecule has 1 atom stereocenters. The van der Waals surface area contributed by atoms with Gasteiger partial charge in [-0.15, -0.1) is 20.4 Å². The van der Waals surface area contributed by atoms with E-state index in [1.807, 2.05) is 38.1 Å². The van der Waals surface area contributed by atoms with Gasteiger partial charge in [0.05, 0.1) is 5.25 Å². The van der Waals surface area contributed by atoms with E-state index >= 15 is 0 Å². The van der Waals surface area contributed by atoms with Gasteiger partial charge in [-0.05, 0) is 26.0 Å². The van der Waals surface area contributed by atoms with Crippen LogP contribution in [0.2, 0.25) is 0 Å². The van der Waals surface area contributed by atoms with Gasteiger partial charge in [-0.3, -0.25) is 0 Å². The van der Waals surface area contributed by atoms with Crippen molar-refractivity contribution < 1.29 is 4.42 Å². The van der Waals surface area contributed by atoms with E-state index in [9.17, 15) is 0 Å². The molecule has 0 radical (unpaired) electrons. The molecule has 2 aromatic heterocycles. The molecule has 5 nitrogen and oxygen atoms in total. The molecular formula is C13H12N4OS2. The van der Waals surface area contributed by atoms with Crippen molar-refractivity contribution in [2.75, 3.05) is 0 Å². The summed E-state index contributed by atoms with van der Waals surface area (Å²) in [5.41, 5.74) is 3.84. The maximum Gasteiger partial charge on any atom is 0.247 e. The van der Waals surface area contributed by atoms with Gasteiger partial charge in [0.15, 0.2) is 4.34 Å². The summed E-state index contributed by atoms with van der Waals surface area (Å²) < 4.78 is 6.63. The Balaban J connectivity index is 1.77. The average Bonchev–Trinajstić information content (AvgIpc) is 3.10. The number of thioether (sulfide) groups is 1. The molecule has 0 aliphatic carbocycles. The van der Waals surface area contributed by atoms with Crippen LogP contribution < -0.4 is 0 Å². The maximum absolute atomic E-state index is 5.73. The van der Waals surface area contributed by atoms with Crippen molar-refractivity contribution in [3.8, 4) is 11.5 Å². The van der Waals surface area contributed by atoms with Crippen LogP contribution in [0, 0.1) is 6.92 Å². The molecule has 102 valence electrons. The van der Waals surface area contributed by atoms with Gasteiger partial charge in [0.25, 0.3) is 0 Å². The van der Waals surface area contributed by atoms with Crippen LogP contribution in [0.4, 0.5) is 0 Å². The van der Waals surface area contributed by atoms with Crippen LogP contribution in [0.5, 0.6) is 0 Å². The highest BCUT2D eigenvalue weighted by Crippen LogP contribution is 2.35. The fraction of sp³-hybridized carbons (Fsp3) is 0.231. The SMILES string of the molecule is Cc1ccc(-c2nnc([C@@H](C)Sc3nncs3)o2)cc1. The summed E-state index contributed by atoms with van der Waals surface area (Å²) >= 11 is 3.06. The lowest BCUT2D eigenvalue weighted by Crippen LogP contribution is -1.88. The molecule has 0 aliphatic rings. The third kappa shape index (κ3) is 2.88. The van der Waals surface area contributed by atoms with Crippen LogP contribution in [0.15, 0.2) is 38.5 Å². The highest BCUT2D eigenvalue weighted by Gasteiger charge is 2.17. The molecule has 0 saturated carbocycles. The zero-order chi connectivity index (χ0) is 13.9. The summed E-state index contributed by atoms with van der Waals surface area (Å²) in [7, 11) is 0. The first-order valence-corrected chi connectivity index (χ1v) is 7.81. The molecule has 7 heteroatoms. The number of nitrogens with zero attached hydrogens (tertiary/aromatic N) is 4. The molecule has 2 heterocycles. The normalized spacial score (nSPS) is 12.5. The molecule has 0 N–H and O–H groups in total. The van der Waals surface area contributed by atoms with Gasteiger partial charge < -0.3 is 4.42 Å². The Morgan fingerprint density at radius 2 is 1.95 bits per heavy atom. The standard InChI is InChI=1S/C13H12N4OS2/c1-8-3-5-10(6-4-8)12-16-15-11(18-12)9(2)20-13-17-14-7-19-13/h3-7,9H,1-2H3/t9-/m1/s1. The van der Waals surface area contributed by atoms with Gasteiger partial charge >= 0.3 is 0 Å². The minimum atomic E-state index is 0.0506. The molecule has 3 aromatic rings. The number of hydrogen-bond acceptors (Lipinski definition) is 7. The molecule has 3 rings (SSSR count). The third-order valence-corrected chi connectivity index (χ3v) is 4.60. The first-order valence-electron chi connectivity index (χ1n) is 6.05. The second-order valence-electron chi connectivity index (χ2n) is 4.28. The monoisotopic (exact) mass is 304 g/mol. The summed E-state index contributed by atoms with van der Waals surface area (Å²) in [6.45, 7) is 4.06. The van der Waals surface area contributed by atoms with E-state index in [0.29, 0.717) is 11.8 Å². The molecule has 0 bridgehead atoms. The summed E-state index contributed by atoms with van der Waals surface area (Å²) in [6.07, 6.45) is 0. The second-order valence-corrected chi connectivity index (χ2v) is 6.70. The molecule has 0 saturated heterocycles. The van der Waals surface area contributed by atoms with Crippen LogP contribution in [0.3, 0.4) is 0 Å². The first-order chi connectivity index (χ1) is 9.72. The van der Waals surface area contributed by atoms with E-state index in [-0.39, 0.29) is 5.25 Å². The second kappa shape index (κ2) is 5.72. The van der Waals surface area contributed by atoms with E-state index in [0.717, 1.165) is 9.90 Å². The number of aromatic nitrogens is 4. The van der Waals surface area contributed by atoms with Gasteiger partial charge in [-0.2, -0.15) is 0 Å². The molecule has 0 spiro atoms. The minimum absolute atomic E-state index is 0.0506. The number of hydrogen-bond donors (Lipinski definition) is 0. The van der Waals surface area contributed by atoms with Crippen molar-refractivity contribution >= 4 is 23.1 Å². The van der Waals surface area contributed by atoms with Gasteiger partial charge in [0, 0.05) is 5.56 Å². The van der Waals surface area contributed by atoms with E-state index in [1.54, 1.807) is 17.3 Å². The highest BCUT2D eigenvalue weighted by atomic mass is 32.2. The Kier molecular flexibility index (Phi) is 3.79. The summed E-state index contributed by atoms with van der Waals surface area (Å²) in [4.78, 5) is 0. The Hall–Kier alpha value is -1.73.